The molecular weight excluding hydrogens is 278 g/mol. The molecule has 1 aliphatic heterocycles. The molecule has 1 heterocycles. The van der Waals surface area contributed by atoms with E-state index in [1.165, 1.54) is 30.8 Å². The van der Waals surface area contributed by atoms with Crippen LogP contribution in [0.25, 0.3) is 0 Å². The monoisotopic (exact) mass is 301 g/mol. The van der Waals surface area contributed by atoms with Gasteiger partial charge in [0.15, 0.2) is 0 Å². The maximum atomic E-state index is 12.4. The minimum atomic E-state index is -0.234. The van der Waals surface area contributed by atoms with Gasteiger partial charge in [-0.3, -0.25) is 4.79 Å². The third kappa shape index (κ3) is 3.18. The molecule has 1 aromatic rings. The fraction of sp³-hybridized carbons (Fsp3) is 0.500. The zero-order valence-corrected chi connectivity index (χ0v) is 13.2. The maximum absolute atomic E-state index is 12.4. The molecule has 1 aromatic carbocycles. The van der Waals surface area contributed by atoms with Crippen LogP contribution in [0.3, 0.4) is 0 Å². The molecule has 1 saturated carbocycles. The van der Waals surface area contributed by atoms with E-state index in [-0.39, 0.29) is 11.8 Å². The summed E-state index contributed by atoms with van der Waals surface area (Å²) < 4.78 is 0. The van der Waals surface area contributed by atoms with Crippen molar-refractivity contribution in [2.24, 2.45) is 11.3 Å². The van der Waals surface area contributed by atoms with Crippen LogP contribution in [0.1, 0.15) is 30.7 Å². The van der Waals surface area contributed by atoms with Gasteiger partial charge in [0, 0.05) is 6.54 Å². The van der Waals surface area contributed by atoms with E-state index >= 15 is 0 Å². The second-order valence-electron chi connectivity index (χ2n) is 6.25. The Balaban J connectivity index is 1.53. The topological polar surface area (TPSA) is 29.1 Å². The molecule has 0 bridgehead atoms. The second kappa shape index (κ2) is 6.27. The zero-order valence-electron chi connectivity index (χ0n) is 12.4. The van der Waals surface area contributed by atoms with Crippen molar-refractivity contribution in [3.63, 3.8) is 0 Å². The van der Waals surface area contributed by atoms with Gasteiger partial charge in [-0.25, -0.2) is 0 Å². The van der Waals surface area contributed by atoms with E-state index in [1.807, 2.05) is 30.3 Å². The molecule has 1 amide bonds. The first kappa shape index (κ1) is 14.7. The summed E-state index contributed by atoms with van der Waals surface area (Å²) in [5.74, 6) is 3.14. The Labute approximate surface area is 131 Å². The molecule has 0 radical (unpaired) electrons. The summed E-state index contributed by atoms with van der Waals surface area (Å²) in [5, 5.41) is 3.15. The van der Waals surface area contributed by atoms with Gasteiger partial charge < -0.3 is 5.32 Å². The molecule has 1 saturated heterocycles. The Morgan fingerprint density at radius 1 is 1.38 bits per heavy atom. The second-order valence-corrected chi connectivity index (χ2v) is 7.47. The lowest BCUT2D eigenvalue weighted by Crippen LogP contribution is -2.31. The highest BCUT2D eigenvalue weighted by Gasteiger charge is 2.53. The Hall–Kier alpha value is -1.22. The number of carbonyl (C=O) groups is 1. The van der Waals surface area contributed by atoms with Gasteiger partial charge in [0.1, 0.15) is 0 Å². The fourth-order valence-corrected chi connectivity index (χ4v) is 4.81. The number of hydrogen-bond donors (Lipinski definition) is 1. The van der Waals surface area contributed by atoms with Crippen LogP contribution >= 0.6 is 11.8 Å². The van der Waals surface area contributed by atoms with Crippen LogP contribution in [0.2, 0.25) is 0 Å². The van der Waals surface area contributed by atoms with Crippen molar-refractivity contribution in [3.8, 4) is 0 Å². The first-order valence-electron chi connectivity index (χ1n) is 7.78. The average molecular weight is 301 g/mol. The van der Waals surface area contributed by atoms with E-state index in [0.29, 0.717) is 11.3 Å². The molecule has 0 aromatic heterocycles. The van der Waals surface area contributed by atoms with E-state index in [1.54, 1.807) is 6.08 Å². The molecule has 1 aliphatic carbocycles. The normalized spacial score (nSPS) is 24.3. The minimum Gasteiger partial charge on any atom is -0.355 e. The van der Waals surface area contributed by atoms with Crippen LogP contribution < -0.4 is 5.32 Å². The van der Waals surface area contributed by atoms with Crippen LogP contribution in [0.4, 0.5) is 0 Å². The highest BCUT2D eigenvalue weighted by molar-refractivity contribution is 7.99. The van der Waals surface area contributed by atoms with E-state index in [9.17, 15) is 4.79 Å². The lowest BCUT2D eigenvalue weighted by atomic mass is 9.95. The zero-order chi connectivity index (χ0) is 14.7. The summed E-state index contributed by atoms with van der Waals surface area (Å²) in [7, 11) is 0. The molecule has 2 atom stereocenters. The Morgan fingerprint density at radius 3 is 2.76 bits per heavy atom. The standard InChI is InChI=1S/C18H23NOS/c1-2-16(14-6-4-3-5-7-14)17(20)19-13-15-12-18(15)8-10-21-11-9-18/h2-7,15-16H,1,8-13H2,(H,19,20). The van der Waals surface area contributed by atoms with Gasteiger partial charge in [-0.2, -0.15) is 11.8 Å². The average Bonchev–Trinajstić information content (AvgIpc) is 3.19. The van der Waals surface area contributed by atoms with Crippen molar-refractivity contribution in [2.75, 3.05) is 18.1 Å². The van der Waals surface area contributed by atoms with Crippen molar-refractivity contribution >= 4 is 17.7 Å². The van der Waals surface area contributed by atoms with Crippen molar-refractivity contribution in [2.45, 2.75) is 25.2 Å². The fourth-order valence-electron chi connectivity index (χ4n) is 3.50. The number of nitrogens with one attached hydrogen (secondary N) is 1. The number of hydrogen-bond acceptors (Lipinski definition) is 2. The molecule has 2 nitrogen and oxygen atoms in total. The SMILES string of the molecule is C=CC(C(=O)NCC1CC12CCSCC2)c1ccccc1. The third-order valence-electron chi connectivity index (χ3n) is 5.05. The number of amides is 1. The molecule has 2 aliphatic rings. The van der Waals surface area contributed by atoms with Crippen molar-refractivity contribution in [1.82, 2.24) is 5.32 Å². The first-order valence-corrected chi connectivity index (χ1v) is 8.94. The smallest absolute Gasteiger partial charge is 0.231 e. The summed E-state index contributed by atoms with van der Waals surface area (Å²) in [6.45, 7) is 4.65. The summed E-state index contributed by atoms with van der Waals surface area (Å²) >= 11 is 2.07. The van der Waals surface area contributed by atoms with Gasteiger partial charge in [0.25, 0.3) is 0 Å². The molecule has 1 spiro atoms. The molecule has 1 N–H and O–H groups in total. The van der Waals surface area contributed by atoms with Gasteiger partial charge in [-0.1, -0.05) is 36.4 Å². The first-order chi connectivity index (χ1) is 10.2. The molecule has 2 unspecified atom stereocenters. The highest BCUT2D eigenvalue weighted by Crippen LogP contribution is 2.60. The van der Waals surface area contributed by atoms with Gasteiger partial charge in [0.2, 0.25) is 5.91 Å². The van der Waals surface area contributed by atoms with Gasteiger partial charge in [0.05, 0.1) is 5.92 Å². The van der Waals surface area contributed by atoms with Crippen molar-refractivity contribution < 1.29 is 4.79 Å². The highest BCUT2D eigenvalue weighted by atomic mass is 32.2. The largest absolute Gasteiger partial charge is 0.355 e. The van der Waals surface area contributed by atoms with Crippen LogP contribution in [-0.2, 0) is 4.79 Å². The number of rotatable bonds is 5. The number of benzene rings is 1. The molecule has 112 valence electrons. The van der Waals surface area contributed by atoms with Crippen LogP contribution in [0.15, 0.2) is 43.0 Å². The quantitative estimate of drug-likeness (QED) is 0.842. The van der Waals surface area contributed by atoms with Crippen LogP contribution in [0.5, 0.6) is 0 Å². The van der Waals surface area contributed by atoms with Gasteiger partial charge >= 0.3 is 0 Å². The molecule has 3 rings (SSSR count). The summed E-state index contributed by atoms with van der Waals surface area (Å²) in [6, 6.07) is 9.88. The minimum absolute atomic E-state index is 0.0865. The molecule has 21 heavy (non-hydrogen) atoms. The maximum Gasteiger partial charge on any atom is 0.231 e. The number of carbonyl (C=O) groups excluding carboxylic acids is 1. The predicted molar refractivity (Wildman–Crippen MR) is 89.5 cm³/mol. The molecular formula is C18H23NOS. The van der Waals surface area contributed by atoms with Crippen molar-refractivity contribution in [3.05, 3.63) is 48.6 Å². The van der Waals surface area contributed by atoms with Crippen LogP contribution in [-0.4, -0.2) is 24.0 Å². The van der Waals surface area contributed by atoms with Crippen molar-refractivity contribution in [1.29, 1.82) is 0 Å². The van der Waals surface area contributed by atoms with Gasteiger partial charge in [-0.15, -0.1) is 6.58 Å². The summed E-state index contributed by atoms with van der Waals surface area (Å²) in [4.78, 5) is 12.4. The van der Waals surface area contributed by atoms with E-state index in [2.05, 4.69) is 23.7 Å². The molecule has 3 heteroatoms. The van der Waals surface area contributed by atoms with E-state index in [4.69, 9.17) is 0 Å². The Bertz CT molecular complexity index is 507. The Morgan fingerprint density at radius 2 is 2.10 bits per heavy atom. The predicted octanol–water partition coefficient (Wildman–Crippen LogP) is 3.61. The molecule has 2 fully saturated rings. The van der Waals surface area contributed by atoms with E-state index in [0.717, 1.165) is 12.1 Å². The Kier molecular flexibility index (Phi) is 4.39. The van der Waals surface area contributed by atoms with Gasteiger partial charge in [-0.05, 0) is 47.7 Å². The third-order valence-corrected chi connectivity index (χ3v) is 6.03. The van der Waals surface area contributed by atoms with E-state index < -0.39 is 0 Å². The van der Waals surface area contributed by atoms with Crippen LogP contribution in [0, 0.1) is 11.3 Å². The summed E-state index contributed by atoms with van der Waals surface area (Å²) in [5.41, 5.74) is 1.58. The number of thioether (sulfide) groups is 1. The summed E-state index contributed by atoms with van der Waals surface area (Å²) in [6.07, 6.45) is 5.71. The lowest BCUT2D eigenvalue weighted by Gasteiger charge is -2.22. The lowest BCUT2D eigenvalue weighted by molar-refractivity contribution is -0.121.